The number of nitrogens with zero attached hydrogens (tertiary/aromatic N) is 3. The van der Waals surface area contributed by atoms with E-state index in [2.05, 4.69) is 102 Å². The Balaban J connectivity index is 0.000000222. The SMILES string of the molecule is C[Si](C)(C)c1ccc(-c2[c-]cccc2)nc1.[2H]C([2H])(c1ccnc(C)c1)c1ccnc(-c2[c-]ccc3c2sc2c4cccc(C)c4ccc32)c1.[Ir]. The van der Waals surface area contributed by atoms with Gasteiger partial charge in [-0.15, -0.1) is 59.7 Å². The molecule has 0 saturated carbocycles. The van der Waals surface area contributed by atoms with Crippen molar-refractivity contribution in [1.29, 1.82) is 0 Å². The molecule has 8 rings (SSSR count). The Morgan fingerprint density at radius 1 is 0.673 bits per heavy atom. The van der Waals surface area contributed by atoms with Gasteiger partial charge in [-0.05, 0) is 92.5 Å². The summed E-state index contributed by atoms with van der Waals surface area (Å²) >= 11 is 1.76. The van der Waals surface area contributed by atoms with E-state index < -0.39 is 14.4 Å². The number of pyridine rings is 3. The predicted octanol–water partition coefficient (Wildman–Crippen LogP) is 10.8. The first-order chi connectivity index (χ1) is 24.0. The van der Waals surface area contributed by atoms with Gasteiger partial charge in [-0.25, -0.2) is 0 Å². The van der Waals surface area contributed by atoms with Gasteiger partial charge < -0.3 is 9.97 Å². The van der Waals surface area contributed by atoms with Crippen LogP contribution in [0.1, 0.15) is 25.1 Å². The van der Waals surface area contributed by atoms with Gasteiger partial charge in [-0.1, -0.05) is 73.6 Å². The van der Waals surface area contributed by atoms with Crippen molar-refractivity contribution < 1.29 is 22.8 Å². The number of aromatic nitrogens is 3. The van der Waals surface area contributed by atoms with E-state index in [-0.39, 0.29) is 20.1 Å². The first-order valence-corrected chi connectivity index (χ1v) is 20.4. The second kappa shape index (κ2) is 14.7. The Kier molecular flexibility index (Phi) is 9.54. The maximum atomic E-state index is 8.83. The van der Waals surface area contributed by atoms with Crippen molar-refractivity contribution in [2.24, 2.45) is 0 Å². The van der Waals surface area contributed by atoms with Crippen molar-refractivity contribution in [3.63, 3.8) is 0 Å². The molecule has 0 amide bonds. The van der Waals surface area contributed by atoms with Crippen LogP contribution in [0.2, 0.25) is 19.6 Å². The van der Waals surface area contributed by atoms with Crippen LogP contribution >= 0.6 is 11.3 Å². The van der Waals surface area contributed by atoms with Gasteiger partial charge in [0.15, 0.2) is 0 Å². The Labute approximate surface area is 310 Å². The molecular formula is C43H37IrN3SSi-2. The van der Waals surface area contributed by atoms with Crippen LogP contribution in [0.25, 0.3) is 53.5 Å². The van der Waals surface area contributed by atoms with Crippen LogP contribution < -0.4 is 5.19 Å². The average molecular weight is 850 g/mol. The van der Waals surface area contributed by atoms with Crippen molar-refractivity contribution >= 4 is 55.5 Å². The third-order valence-electron chi connectivity index (χ3n) is 8.49. The summed E-state index contributed by atoms with van der Waals surface area (Å²) in [6.07, 6.45) is 3.70. The van der Waals surface area contributed by atoms with Crippen LogP contribution in [-0.2, 0) is 26.5 Å². The summed E-state index contributed by atoms with van der Waals surface area (Å²) in [7, 11) is -1.23. The molecular weight excluding hydrogens is 811 g/mol. The van der Waals surface area contributed by atoms with Gasteiger partial charge in [0.05, 0.1) is 8.07 Å². The summed E-state index contributed by atoms with van der Waals surface area (Å²) in [4.78, 5) is 13.4. The third-order valence-corrected chi connectivity index (χ3v) is 11.8. The van der Waals surface area contributed by atoms with Crippen LogP contribution in [0.4, 0.5) is 0 Å². The van der Waals surface area contributed by atoms with E-state index in [0.717, 1.165) is 32.9 Å². The second-order valence-corrected chi connectivity index (χ2v) is 19.1. The van der Waals surface area contributed by atoms with E-state index in [4.69, 9.17) is 2.74 Å². The van der Waals surface area contributed by atoms with Crippen LogP contribution in [-0.4, -0.2) is 23.0 Å². The number of thiophene rings is 1. The standard InChI is InChI=1S/C29H21N2S.C14H16NSi.Ir/c1-18-5-3-6-23-22(18)9-10-25-24-7-4-8-26(29(24)32-28(23)25)27-17-21(12-14-31-27)16-20-11-13-30-19(2)15-20;1-16(2,3)13-9-10-14(15-11-13)12-7-5-4-6-8-12;/h3-7,9-15,17H,16H2,1-2H3;4-7,9-11H,1-3H3;/q2*-1;/i16D2;;. The van der Waals surface area contributed by atoms with E-state index >= 15 is 0 Å². The molecule has 0 aliphatic heterocycles. The van der Waals surface area contributed by atoms with Gasteiger partial charge in [0, 0.05) is 51.8 Å². The fraction of sp³-hybridized carbons (Fsp3) is 0.140. The van der Waals surface area contributed by atoms with Gasteiger partial charge in [-0.3, -0.25) is 4.98 Å². The molecule has 49 heavy (non-hydrogen) atoms. The summed E-state index contributed by atoms with van der Waals surface area (Å²) in [6, 6.07) is 40.9. The molecule has 4 heterocycles. The molecule has 0 atom stereocenters. The molecule has 0 fully saturated rings. The molecule has 8 aromatic rings. The van der Waals surface area contributed by atoms with Crippen LogP contribution in [0.3, 0.4) is 0 Å². The summed E-state index contributed by atoms with van der Waals surface area (Å²) in [5.41, 5.74) is 6.91. The number of aryl methyl sites for hydroxylation is 2. The normalized spacial score (nSPS) is 12.2. The molecule has 1 radical (unpaired) electrons. The molecule has 3 nitrogen and oxygen atoms in total. The van der Waals surface area contributed by atoms with E-state index in [1.54, 1.807) is 41.9 Å². The van der Waals surface area contributed by atoms with Gasteiger partial charge in [0.25, 0.3) is 0 Å². The zero-order chi connectivity index (χ0) is 35.0. The predicted molar refractivity (Wildman–Crippen MR) is 207 cm³/mol. The van der Waals surface area contributed by atoms with Crippen molar-refractivity contribution in [3.8, 4) is 22.5 Å². The first kappa shape index (κ1) is 31.9. The quantitative estimate of drug-likeness (QED) is 0.128. The molecule has 4 aromatic carbocycles. The van der Waals surface area contributed by atoms with E-state index in [0.29, 0.717) is 11.1 Å². The fourth-order valence-corrected chi connectivity index (χ4v) is 8.26. The van der Waals surface area contributed by atoms with Crippen molar-refractivity contribution in [1.82, 2.24) is 15.0 Å². The molecule has 0 aliphatic carbocycles. The minimum atomic E-state index is -1.66. The van der Waals surface area contributed by atoms with Crippen LogP contribution in [0.15, 0.2) is 122 Å². The zero-order valence-electron chi connectivity index (χ0n) is 30.1. The number of benzene rings is 4. The Bertz CT molecular complexity index is 2480. The summed E-state index contributed by atoms with van der Waals surface area (Å²) in [6.45, 7) is 11.0. The van der Waals surface area contributed by atoms with Gasteiger partial charge in [-0.2, -0.15) is 11.3 Å². The number of rotatable bonds is 5. The van der Waals surface area contributed by atoms with Crippen LogP contribution in [0, 0.1) is 26.0 Å². The van der Waals surface area contributed by atoms with E-state index in [1.807, 2.05) is 49.5 Å². The molecule has 0 bridgehead atoms. The molecule has 0 N–H and O–H groups in total. The minimum Gasteiger partial charge on any atom is -0.305 e. The largest absolute Gasteiger partial charge is 0.305 e. The summed E-state index contributed by atoms with van der Waals surface area (Å²) in [5, 5.41) is 6.33. The first-order valence-electron chi connectivity index (χ1n) is 17.1. The van der Waals surface area contributed by atoms with Crippen molar-refractivity contribution in [3.05, 3.63) is 156 Å². The van der Waals surface area contributed by atoms with Gasteiger partial charge in [0.2, 0.25) is 0 Å². The summed E-state index contributed by atoms with van der Waals surface area (Å²) < 4.78 is 20.0. The molecule has 245 valence electrons. The molecule has 6 heteroatoms. The maximum absolute atomic E-state index is 8.83. The molecule has 0 saturated heterocycles. The molecule has 4 aromatic heterocycles. The maximum Gasteiger partial charge on any atom is 0.0795 e. The topological polar surface area (TPSA) is 38.7 Å². The summed E-state index contributed by atoms with van der Waals surface area (Å²) in [5.74, 6) is 0. The number of hydrogen-bond acceptors (Lipinski definition) is 4. The smallest absolute Gasteiger partial charge is 0.0795 e. The van der Waals surface area contributed by atoms with Crippen molar-refractivity contribution in [2.45, 2.75) is 39.9 Å². The number of hydrogen-bond donors (Lipinski definition) is 0. The minimum absolute atomic E-state index is 0. The third kappa shape index (κ3) is 7.48. The Hall–Kier alpha value is -4.32. The van der Waals surface area contributed by atoms with E-state index in [9.17, 15) is 0 Å². The van der Waals surface area contributed by atoms with Gasteiger partial charge in [0.1, 0.15) is 0 Å². The molecule has 0 spiro atoms. The monoisotopic (exact) mass is 850 g/mol. The van der Waals surface area contributed by atoms with Crippen molar-refractivity contribution in [2.75, 3.05) is 0 Å². The number of fused-ring (bicyclic) bond motifs is 5. The Morgan fingerprint density at radius 2 is 1.43 bits per heavy atom. The Morgan fingerprint density at radius 3 is 2.16 bits per heavy atom. The van der Waals surface area contributed by atoms with Gasteiger partial charge >= 0.3 is 0 Å². The molecule has 0 unspecified atom stereocenters. The van der Waals surface area contributed by atoms with E-state index in [1.165, 1.54) is 37.0 Å². The van der Waals surface area contributed by atoms with Crippen LogP contribution in [0.5, 0.6) is 0 Å². The average Bonchev–Trinajstić information content (AvgIpc) is 3.52. The zero-order valence-corrected chi connectivity index (χ0v) is 32.3. The molecule has 0 aliphatic rings. The fourth-order valence-electron chi connectivity index (χ4n) is 5.89. The second-order valence-electron chi connectivity index (χ2n) is 13.0.